The molecule has 0 saturated heterocycles. The van der Waals surface area contributed by atoms with E-state index in [1.807, 2.05) is 12.1 Å². The van der Waals surface area contributed by atoms with Crippen molar-refractivity contribution in [1.29, 1.82) is 0 Å². The molecule has 1 atom stereocenters. The number of hydrogen-bond acceptors (Lipinski definition) is 3. The summed E-state index contributed by atoms with van der Waals surface area (Å²) in [6.07, 6.45) is 3.77. The molecular formula is C17H23NO2. The Bertz CT molecular complexity index is 476. The van der Waals surface area contributed by atoms with Crippen LogP contribution >= 0.6 is 0 Å². The van der Waals surface area contributed by atoms with Crippen molar-refractivity contribution < 1.29 is 9.15 Å². The molecule has 3 nitrogen and oxygen atoms in total. The Morgan fingerprint density at radius 3 is 2.60 bits per heavy atom. The van der Waals surface area contributed by atoms with Crippen LogP contribution in [0.15, 0.2) is 47.1 Å². The first-order chi connectivity index (χ1) is 9.85. The Labute approximate surface area is 121 Å². The molecule has 1 aromatic heterocycles. The highest BCUT2D eigenvalue weighted by Crippen LogP contribution is 2.23. The topological polar surface area (TPSA) is 34.4 Å². The zero-order valence-electron chi connectivity index (χ0n) is 12.3. The molecule has 3 heteroatoms. The maximum absolute atomic E-state index is 5.56. The summed E-state index contributed by atoms with van der Waals surface area (Å²) in [5.74, 6) is 0.961. The quantitative estimate of drug-likeness (QED) is 0.798. The van der Waals surface area contributed by atoms with E-state index in [4.69, 9.17) is 9.15 Å². The van der Waals surface area contributed by atoms with Gasteiger partial charge in [0, 0.05) is 7.11 Å². The molecule has 1 aromatic carbocycles. The second-order valence-corrected chi connectivity index (χ2v) is 4.89. The summed E-state index contributed by atoms with van der Waals surface area (Å²) in [5, 5.41) is 3.53. The first kappa shape index (κ1) is 14.8. The SMILES string of the molecule is CCCNC(c1ccc(CCOC)cc1)c1ccco1. The van der Waals surface area contributed by atoms with Gasteiger partial charge in [0.15, 0.2) is 0 Å². The van der Waals surface area contributed by atoms with Crippen molar-refractivity contribution in [3.05, 3.63) is 59.5 Å². The number of methoxy groups -OCH3 is 1. The van der Waals surface area contributed by atoms with E-state index in [-0.39, 0.29) is 6.04 Å². The van der Waals surface area contributed by atoms with Crippen molar-refractivity contribution in [2.75, 3.05) is 20.3 Å². The van der Waals surface area contributed by atoms with Crippen LogP contribution in [0.25, 0.3) is 0 Å². The van der Waals surface area contributed by atoms with Gasteiger partial charge in [0.2, 0.25) is 0 Å². The Hall–Kier alpha value is -1.58. The predicted molar refractivity (Wildman–Crippen MR) is 80.9 cm³/mol. The second-order valence-electron chi connectivity index (χ2n) is 4.89. The lowest BCUT2D eigenvalue weighted by atomic mass is 10.0. The molecule has 108 valence electrons. The number of benzene rings is 1. The van der Waals surface area contributed by atoms with Crippen LogP contribution in [0.1, 0.15) is 36.3 Å². The van der Waals surface area contributed by atoms with E-state index in [0.717, 1.165) is 31.8 Å². The van der Waals surface area contributed by atoms with Gasteiger partial charge in [-0.05, 0) is 42.6 Å². The van der Waals surface area contributed by atoms with Crippen molar-refractivity contribution in [2.45, 2.75) is 25.8 Å². The molecule has 0 aliphatic heterocycles. The summed E-state index contributed by atoms with van der Waals surface area (Å²) < 4.78 is 10.7. The summed E-state index contributed by atoms with van der Waals surface area (Å²) in [6, 6.07) is 12.7. The molecule has 0 radical (unpaired) electrons. The summed E-state index contributed by atoms with van der Waals surface area (Å²) in [4.78, 5) is 0. The van der Waals surface area contributed by atoms with Gasteiger partial charge in [0.25, 0.3) is 0 Å². The molecule has 1 N–H and O–H groups in total. The molecule has 0 amide bonds. The normalized spacial score (nSPS) is 12.5. The molecule has 2 rings (SSSR count). The van der Waals surface area contributed by atoms with Gasteiger partial charge < -0.3 is 14.5 Å². The van der Waals surface area contributed by atoms with E-state index in [1.165, 1.54) is 11.1 Å². The molecule has 20 heavy (non-hydrogen) atoms. The van der Waals surface area contributed by atoms with Crippen LogP contribution < -0.4 is 5.32 Å². The molecule has 0 fully saturated rings. The van der Waals surface area contributed by atoms with Crippen LogP contribution in [0, 0.1) is 0 Å². The van der Waals surface area contributed by atoms with Crippen LogP contribution in [-0.4, -0.2) is 20.3 Å². The monoisotopic (exact) mass is 273 g/mol. The molecule has 0 aliphatic carbocycles. The molecule has 0 spiro atoms. The van der Waals surface area contributed by atoms with Gasteiger partial charge >= 0.3 is 0 Å². The summed E-state index contributed by atoms with van der Waals surface area (Å²) in [7, 11) is 1.73. The zero-order chi connectivity index (χ0) is 14.2. The Balaban J connectivity index is 2.12. The minimum absolute atomic E-state index is 0.126. The highest BCUT2D eigenvalue weighted by molar-refractivity contribution is 5.30. The Morgan fingerprint density at radius 1 is 1.20 bits per heavy atom. The summed E-state index contributed by atoms with van der Waals surface area (Å²) >= 11 is 0. The van der Waals surface area contributed by atoms with Gasteiger partial charge in [0.1, 0.15) is 5.76 Å². The smallest absolute Gasteiger partial charge is 0.125 e. The van der Waals surface area contributed by atoms with Crippen molar-refractivity contribution in [1.82, 2.24) is 5.32 Å². The number of rotatable bonds is 8. The number of nitrogens with one attached hydrogen (secondary N) is 1. The maximum atomic E-state index is 5.56. The van der Waals surface area contributed by atoms with Crippen LogP contribution in [0.2, 0.25) is 0 Å². The van der Waals surface area contributed by atoms with Gasteiger partial charge in [-0.2, -0.15) is 0 Å². The largest absolute Gasteiger partial charge is 0.467 e. The van der Waals surface area contributed by atoms with Gasteiger partial charge in [-0.3, -0.25) is 0 Å². The fraction of sp³-hybridized carbons (Fsp3) is 0.412. The lowest BCUT2D eigenvalue weighted by Crippen LogP contribution is -2.22. The van der Waals surface area contributed by atoms with Crippen molar-refractivity contribution >= 4 is 0 Å². The molecule has 1 unspecified atom stereocenters. The summed E-state index contributed by atoms with van der Waals surface area (Å²) in [6.45, 7) is 3.89. The van der Waals surface area contributed by atoms with E-state index in [1.54, 1.807) is 13.4 Å². The average molecular weight is 273 g/mol. The fourth-order valence-corrected chi connectivity index (χ4v) is 2.22. The maximum Gasteiger partial charge on any atom is 0.125 e. The number of ether oxygens (including phenoxy) is 1. The van der Waals surface area contributed by atoms with Gasteiger partial charge in [0.05, 0.1) is 18.9 Å². The van der Waals surface area contributed by atoms with Crippen LogP contribution in [0.3, 0.4) is 0 Å². The molecular weight excluding hydrogens is 250 g/mol. The second kappa shape index (κ2) is 7.88. The number of furan rings is 1. The highest BCUT2D eigenvalue weighted by atomic mass is 16.5. The van der Waals surface area contributed by atoms with E-state index in [2.05, 4.69) is 36.5 Å². The van der Waals surface area contributed by atoms with Gasteiger partial charge in [-0.15, -0.1) is 0 Å². The molecule has 0 bridgehead atoms. The lowest BCUT2D eigenvalue weighted by Gasteiger charge is -2.17. The van der Waals surface area contributed by atoms with E-state index >= 15 is 0 Å². The van der Waals surface area contributed by atoms with E-state index < -0.39 is 0 Å². The first-order valence-corrected chi connectivity index (χ1v) is 7.19. The highest BCUT2D eigenvalue weighted by Gasteiger charge is 2.15. The van der Waals surface area contributed by atoms with Crippen molar-refractivity contribution in [3.63, 3.8) is 0 Å². The Kier molecular flexibility index (Phi) is 5.84. The van der Waals surface area contributed by atoms with E-state index in [0.29, 0.717) is 0 Å². The molecule has 1 heterocycles. The van der Waals surface area contributed by atoms with Crippen LogP contribution in [0.4, 0.5) is 0 Å². The first-order valence-electron chi connectivity index (χ1n) is 7.19. The standard InChI is InChI=1S/C17H23NO2/c1-3-11-18-17(16-5-4-12-20-16)15-8-6-14(7-9-15)10-13-19-2/h4-9,12,17-18H,3,10-11,13H2,1-2H3. The molecule has 0 aliphatic rings. The van der Waals surface area contributed by atoms with Crippen molar-refractivity contribution in [3.8, 4) is 0 Å². The third-order valence-corrected chi connectivity index (χ3v) is 3.33. The van der Waals surface area contributed by atoms with Crippen LogP contribution in [-0.2, 0) is 11.2 Å². The molecule has 2 aromatic rings. The summed E-state index contributed by atoms with van der Waals surface area (Å²) in [5.41, 5.74) is 2.53. The van der Waals surface area contributed by atoms with E-state index in [9.17, 15) is 0 Å². The average Bonchev–Trinajstić information content (AvgIpc) is 3.01. The fourth-order valence-electron chi connectivity index (χ4n) is 2.22. The number of hydrogen-bond donors (Lipinski definition) is 1. The zero-order valence-corrected chi connectivity index (χ0v) is 12.3. The third-order valence-electron chi connectivity index (χ3n) is 3.33. The van der Waals surface area contributed by atoms with Gasteiger partial charge in [-0.25, -0.2) is 0 Å². The predicted octanol–water partition coefficient (Wildman–Crippen LogP) is 3.56. The van der Waals surface area contributed by atoms with Crippen molar-refractivity contribution in [2.24, 2.45) is 0 Å². The lowest BCUT2D eigenvalue weighted by molar-refractivity contribution is 0.202. The molecule has 0 saturated carbocycles. The third kappa shape index (κ3) is 3.95. The minimum Gasteiger partial charge on any atom is -0.467 e. The Morgan fingerprint density at radius 2 is 2.00 bits per heavy atom. The van der Waals surface area contributed by atoms with Crippen LogP contribution in [0.5, 0.6) is 0 Å². The van der Waals surface area contributed by atoms with Gasteiger partial charge in [-0.1, -0.05) is 31.2 Å². The minimum atomic E-state index is 0.126.